The number of nitrogens with one attached hydrogen (secondary N) is 1. The van der Waals surface area contributed by atoms with Gasteiger partial charge in [-0.3, -0.25) is 4.79 Å². The molecule has 0 fully saturated rings. The van der Waals surface area contributed by atoms with Crippen molar-refractivity contribution in [1.29, 1.82) is 0 Å². The lowest BCUT2D eigenvalue weighted by atomic mass is 10.1. The molecule has 0 spiro atoms. The van der Waals surface area contributed by atoms with Crippen LogP contribution >= 0.6 is 12.2 Å². The van der Waals surface area contributed by atoms with Crippen molar-refractivity contribution in [2.75, 3.05) is 11.9 Å². The first-order chi connectivity index (χ1) is 11.4. The molecule has 24 heavy (non-hydrogen) atoms. The third-order valence-electron chi connectivity index (χ3n) is 3.11. The SMILES string of the molecule is CCOC(=S)Cc1cc(NC(=O)c2cccc(F)c2)c(F)cc1F. The Morgan fingerprint density at radius 3 is 2.58 bits per heavy atom. The molecule has 0 heterocycles. The third kappa shape index (κ3) is 4.55. The van der Waals surface area contributed by atoms with E-state index in [0.29, 0.717) is 12.7 Å². The summed E-state index contributed by atoms with van der Waals surface area (Å²) in [6.45, 7) is 2.07. The molecule has 0 saturated heterocycles. The Bertz CT molecular complexity index is 780. The quantitative estimate of drug-likeness (QED) is 0.816. The van der Waals surface area contributed by atoms with Crippen molar-refractivity contribution in [2.24, 2.45) is 0 Å². The van der Waals surface area contributed by atoms with Gasteiger partial charge in [-0.2, -0.15) is 0 Å². The van der Waals surface area contributed by atoms with Gasteiger partial charge in [0.15, 0.2) is 5.05 Å². The number of carbonyl (C=O) groups is 1. The Labute approximate surface area is 142 Å². The van der Waals surface area contributed by atoms with E-state index >= 15 is 0 Å². The van der Waals surface area contributed by atoms with Crippen LogP contribution in [0.15, 0.2) is 36.4 Å². The molecule has 2 aromatic rings. The summed E-state index contributed by atoms with van der Waals surface area (Å²) in [6, 6.07) is 6.74. The molecular formula is C17H14F3NO2S. The normalized spacial score (nSPS) is 10.3. The molecule has 7 heteroatoms. The molecule has 2 rings (SSSR count). The maximum atomic E-state index is 13.9. The molecule has 0 saturated carbocycles. The molecule has 0 unspecified atom stereocenters. The number of benzene rings is 2. The first kappa shape index (κ1) is 17.9. The van der Waals surface area contributed by atoms with Gasteiger partial charge in [-0.05, 0) is 49.0 Å². The summed E-state index contributed by atoms with van der Waals surface area (Å²) in [5.74, 6) is -3.04. The van der Waals surface area contributed by atoms with Gasteiger partial charge in [0, 0.05) is 18.1 Å². The number of halogens is 3. The van der Waals surface area contributed by atoms with E-state index in [2.05, 4.69) is 5.32 Å². The van der Waals surface area contributed by atoms with E-state index in [1.807, 2.05) is 0 Å². The number of anilines is 1. The largest absolute Gasteiger partial charge is 0.487 e. The van der Waals surface area contributed by atoms with Gasteiger partial charge < -0.3 is 10.1 Å². The van der Waals surface area contributed by atoms with Gasteiger partial charge in [0.1, 0.15) is 17.5 Å². The summed E-state index contributed by atoms with van der Waals surface area (Å²) >= 11 is 4.94. The van der Waals surface area contributed by atoms with Crippen molar-refractivity contribution in [3.8, 4) is 0 Å². The van der Waals surface area contributed by atoms with Gasteiger partial charge in [-0.25, -0.2) is 13.2 Å². The minimum absolute atomic E-state index is 0.0186. The zero-order valence-electron chi connectivity index (χ0n) is 12.7. The van der Waals surface area contributed by atoms with Gasteiger partial charge in [-0.1, -0.05) is 6.07 Å². The summed E-state index contributed by atoms with van der Waals surface area (Å²) in [6.07, 6.45) is -0.0296. The Morgan fingerprint density at radius 1 is 1.17 bits per heavy atom. The first-order valence-corrected chi connectivity index (χ1v) is 7.52. The molecule has 0 bridgehead atoms. The predicted molar refractivity (Wildman–Crippen MR) is 88.6 cm³/mol. The third-order valence-corrected chi connectivity index (χ3v) is 3.37. The van der Waals surface area contributed by atoms with Crippen molar-refractivity contribution in [3.63, 3.8) is 0 Å². The minimum Gasteiger partial charge on any atom is -0.487 e. The highest BCUT2D eigenvalue weighted by Crippen LogP contribution is 2.21. The topological polar surface area (TPSA) is 38.3 Å². The van der Waals surface area contributed by atoms with Crippen LogP contribution < -0.4 is 5.32 Å². The average Bonchev–Trinajstić information content (AvgIpc) is 2.52. The van der Waals surface area contributed by atoms with Gasteiger partial charge in [0.05, 0.1) is 12.3 Å². The van der Waals surface area contributed by atoms with Crippen LogP contribution in [0, 0.1) is 17.5 Å². The molecule has 0 aromatic heterocycles. The zero-order valence-corrected chi connectivity index (χ0v) is 13.6. The minimum atomic E-state index is -0.941. The number of carbonyl (C=O) groups excluding carboxylic acids is 1. The van der Waals surface area contributed by atoms with E-state index in [0.717, 1.165) is 12.1 Å². The highest BCUT2D eigenvalue weighted by atomic mass is 32.1. The number of thiocarbonyl (C=S) groups is 1. The van der Waals surface area contributed by atoms with E-state index < -0.39 is 23.4 Å². The second kappa shape index (κ2) is 7.92. The summed E-state index contributed by atoms with van der Waals surface area (Å²) in [5.41, 5.74) is -0.116. The van der Waals surface area contributed by atoms with Gasteiger partial charge in [0.2, 0.25) is 0 Å². The fourth-order valence-electron chi connectivity index (χ4n) is 2.02. The van der Waals surface area contributed by atoms with E-state index in [-0.39, 0.29) is 28.3 Å². The van der Waals surface area contributed by atoms with Crippen molar-refractivity contribution in [1.82, 2.24) is 0 Å². The highest BCUT2D eigenvalue weighted by Gasteiger charge is 2.15. The summed E-state index contributed by atoms with van der Waals surface area (Å²) < 4.78 is 45.9. The standard InChI is InChI=1S/C17H14F3NO2S/c1-2-23-16(24)8-11-7-15(14(20)9-13(11)19)21-17(22)10-4-3-5-12(18)6-10/h3-7,9H,2,8H2,1H3,(H,21,22). The van der Waals surface area contributed by atoms with Crippen LogP contribution in [-0.4, -0.2) is 17.6 Å². The van der Waals surface area contributed by atoms with Crippen LogP contribution in [0.4, 0.5) is 18.9 Å². The molecule has 0 atom stereocenters. The van der Waals surface area contributed by atoms with Crippen LogP contribution in [0.1, 0.15) is 22.8 Å². The average molecular weight is 353 g/mol. The number of hydrogen-bond acceptors (Lipinski definition) is 3. The Morgan fingerprint density at radius 2 is 1.92 bits per heavy atom. The molecular weight excluding hydrogens is 339 g/mol. The maximum absolute atomic E-state index is 13.9. The second-order valence-electron chi connectivity index (χ2n) is 4.87. The Balaban J connectivity index is 2.23. The van der Waals surface area contributed by atoms with Crippen LogP contribution in [0.3, 0.4) is 0 Å². The molecule has 0 radical (unpaired) electrons. The summed E-state index contributed by atoms with van der Waals surface area (Å²) in [4.78, 5) is 12.1. The van der Waals surface area contributed by atoms with Crippen LogP contribution in [0.5, 0.6) is 0 Å². The fourth-order valence-corrected chi connectivity index (χ4v) is 2.29. The number of hydrogen-bond donors (Lipinski definition) is 1. The molecule has 1 amide bonds. The smallest absolute Gasteiger partial charge is 0.255 e. The molecule has 0 aliphatic rings. The van der Waals surface area contributed by atoms with Gasteiger partial charge in [-0.15, -0.1) is 0 Å². The zero-order chi connectivity index (χ0) is 17.7. The van der Waals surface area contributed by atoms with Crippen molar-refractivity contribution < 1.29 is 22.7 Å². The predicted octanol–water partition coefficient (Wildman–Crippen LogP) is 4.26. The van der Waals surface area contributed by atoms with Crippen molar-refractivity contribution in [2.45, 2.75) is 13.3 Å². The molecule has 126 valence electrons. The van der Waals surface area contributed by atoms with Crippen LogP contribution in [0.25, 0.3) is 0 Å². The summed E-state index contributed by atoms with van der Waals surface area (Å²) in [7, 11) is 0. The Kier molecular flexibility index (Phi) is 5.92. The van der Waals surface area contributed by atoms with E-state index in [9.17, 15) is 18.0 Å². The molecule has 0 aliphatic carbocycles. The second-order valence-corrected chi connectivity index (χ2v) is 5.33. The van der Waals surface area contributed by atoms with Crippen LogP contribution in [0.2, 0.25) is 0 Å². The monoisotopic (exact) mass is 353 g/mol. The van der Waals surface area contributed by atoms with Gasteiger partial charge in [0.25, 0.3) is 5.91 Å². The number of ether oxygens (including phenoxy) is 1. The number of amides is 1. The fraction of sp³-hybridized carbons (Fsp3) is 0.176. The van der Waals surface area contributed by atoms with E-state index in [1.54, 1.807) is 6.92 Å². The van der Waals surface area contributed by atoms with Crippen molar-refractivity contribution in [3.05, 3.63) is 65.0 Å². The van der Waals surface area contributed by atoms with Crippen molar-refractivity contribution >= 4 is 28.9 Å². The summed E-state index contributed by atoms with van der Waals surface area (Å²) in [5, 5.41) is 2.45. The highest BCUT2D eigenvalue weighted by molar-refractivity contribution is 7.80. The van der Waals surface area contributed by atoms with Gasteiger partial charge >= 0.3 is 0 Å². The lowest BCUT2D eigenvalue weighted by Crippen LogP contribution is -2.14. The Hall–Kier alpha value is -2.41. The first-order valence-electron chi connectivity index (χ1n) is 7.11. The maximum Gasteiger partial charge on any atom is 0.255 e. The molecule has 0 aliphatic heterocycles. The van der Waals surface area contributed by atoms with E-state index in [4.69, 9.17) is 17.0 Å². The van der Waals surface area contributed by atoms with Crippen LogP contribution in [-0.2, 0) is 11.2 Å². The molecule has 2 aromatic carbocycles. The number of rotatable bonds is 5. The lowest BCUT2D eigenvalue weighted by Gasteiger charge is -2.11. The molecule has 3 nitrogen and oxygen atoms in total. The lowest BCUT2D eigenvalue weighted by molar-refractivity contribution is 0.102. The van der Waals surface area contributed by atoms with E-state index in [1.165, 1.54) is 18.2 Å². The molecule has 1 N–H and O–H groups in total.